The zero-order valence-corrected chi connectivity index (χ0v) is 15.1. The summed E-state index contributed by atoms with van der Waals surface area (Å²) in [6.45, 7) is 4.24. The fraction of sp³-hybridized carbons (Fsp3) is 0.526. The number of carbonyl (C=O) groups excluding carboxylic acids is 1. The van der Waals surface area contributed by atoms with Gasteiger partial charge in [-0.15, -0.1) is 0 Å². The standard InChI is InChI=1S/C19H26N4O3/c1-2-18-21-9-11-23(18)10-6-19(24)22-16-14-25-12-7-17(16)26-13-15-5-3-4-8-20-15/h3-5,8-9,11,16-17H,2,6-7,10,12-14H2,1H3,(H,22,24)/t16-,17-/m1/s1. The van der Waals surface area contributed by atoms with Crippen molar-refractivity contribution in [3.63, 3.8) is 0 Å². The Balaban J connectivity index is 1.48. The van der Waals surface area contributed by atoms with E-state index >= 15 is 0 Å². The molecule has 1 N–H and O–H groups in total. The summed E-state index contributed by atoms with van der Waals surface area (Å²) in [5, 5.41) is 3.06. The van der Waals surface area contributed by atoms with Crippen LogP contribution >= 0.6 is 0 Å². The molecule has 0 spiro atoms. The smallest absolute Gasteiger partial charge is 0.222 e. The van der Waals surface area contributed by atoms with E-state index in [0.717, 1.165) is 24.4 Å². The molecule has 0 unspecified atom stereocenters. The van der Waals surface area contributed by atoms with Gasteiger partial charge in [-0.2, -0.15) is 0 Å². The van der Waals surface area contributed by atoms with Gasteiger partial charge in [0.25, 0.3) is 0 Å². The van der Waals surface area contributed by atoms with Crippen LogP contribution in [0.3, 0.4) is 0 Å². The second-order valence-corrected chi connectivity index (χ2v) is 6.35. The lowest BCUT2D eigenvalue weighted by atomic mass is 10.1. The molecular weight excluding hydrogens is 332 g/mol. The fourth-order valence-electron chi connectivity index (χ4n) is 3.09. The SMILES string of the molecule is CCc1nccn1CCC(=O)N[C@@H]1COCC[C@H]1OCc1ccccn1. The Kier molecular flexibility index (Phi) is 6.74. The van der Waals surface area contributed by atoms with Crippen molar-refractivity contribution >= 4 is 5.91 Å². The van der Waals surface area contributed by atoms with Crippen molar-refractivity contribution in [1.29, 1.82) is 0 Å². The molecule has 1 fully saturated rings. The summed E-state index contributed by atoms with van der Waals surface area (Å²) < 4.78 is 13.5. The maximum atomic E-state index is 12.4. The third-order valence-electron chi connectivity index (χ3n) is 4.51. The summed E-state index contributed by atoms with van der Waals surface area (Å²) in [7, 11) is 0. The number of pyridine rings is 1. The minimum Gasteiger partial charge on any atom is -0.379 e. The summed E-state index contributed by atoms with van der Waals surface area (Å²) in [6, 6.07) is 5.62. The molecule has 26 heavy (non-hydrogen) atoms. The second-order valence-electron chi connectivity index (χ2n) is 6.35. The highest BCUT2D eigenvalue weighted by Crippen LogP contribution is 2.14. The average Bonchev–Trinajstić information content (AvgIpc) is 3.14. The Labute approximate surface area is 153 Å². The number of nitrogens with zero attached hydrogens (tertiary/aromatic N) is 3. The van der Waals surface area contributed by atoms with E-state index in [2.05, 4.69) is 22.2 Å². The number of amides is 1. The van der Waals surface area contributed by atoms with Crippen molar-refractivity contribution in [2.24, 2.45) is 0 Å². The van der Waals surface area contributed by atoms with Crippen LogP contribution in [0.5, 0.6) is 0 Å². The quantitative estimate of drug-likeness (QED) is 0.777. The molecule has 7 nitrogen and oxygen atoms in total. The lowest BCUT2D eigenvalue weighted by Gasteiger charge is -2.32. The maximum absolute atomic E-state index is 12.4. The number of hydrogen-bond acceptors (Lipinski definition) is 5. The Hall–Kier alpha value is -2.25. The minimum atomic E-state index is -0.131. The Bertz CT molecular complexity index is 689. The highest BCUT2D eigenvalue weighted by atomic mass is 16.5. The zero-order chi connectivity index (χ0) is 18.2. The van der Waals surface area contributed by atoms with Gasteiger partial charge in [0.2, 0.25) is 5.91 Å². The van der Waals surface area contributed by atoms with E-state index in [1.807, 2.05) is 29.0 Å². The first-order valence-electron chi connectivity index (χ1n) is 9.15. The highest BCUT2D eigenvalue weighted by molar-refractivity contribution is 5.76. The molecule has 0 aliphatic carbocycles. The van der Waals surface area contributed by atoms with E-state index in [1.54, 1.807) is 12.4 Å². The number of ether oxygens (including phenoxy) is 2. The lowest BCUT2D eigenvalue weighted by Crippen LogP contribution is -2.50. The van der Waals surface area contributed by atoms with Crippen LogP contribution in [0.25, 0.3) is 0 Å². The maximum Gasteiger partial charge on any atom is 0.222 e. The predicted molar refractivity (Wildman–Crippen MR) is 96.4 cm³/mol. The van der Waals surface area contributed by atoms with Crippen molar-refractivity contribution in [2.45, 2.75) is 51.5 Å². The first kappa shape index (κ1) is 18.5. The number of aryl methyl sites for hydroxylation is 2. The topological polar surface area (TPSA) is 78.3 Å². The van der Waals surface area contributed by atoms with Crippen LogP contribution in [0.1, 0.15) is 31.3 Å². The zero-order valence-electron chi connectivity index (χ0n) is 15.1. The van der Waals surface area contributed by atoms with Crippen LogP contribution in [0.4, 0.5) is 0 Å². The molecule has 0 radical (unpaired) electrons. The van der Waals surface area contributed by atoms with Gasteiger partial charge in [0.05, 0.1) is 31.1 Å². The molecule has 1 amide bonds. The third kappa shape index (κ3) is 5.12. The van der Waals surface area contributed by atoms with Gasteiger partial charge >= 0.3 is 0 Å². The number of aromatic nitrogens is 3. The lowest BCUT2D eigenvalue weighted by molar-refractivity contribution is -0.126. The van der Waals surface area contributed by atoms with E-state index in [4.69, 9.17) is 9.47 Å². The molecule has 2 aromatic rings. The molecule has 7 heteroatoms. The van der Waals surface area contributed by atoms with Crippen molar-refractivity contribution < 1.29 is 14.3 Å². The van der Waals surface area contributed by atoms with Gasteiger partial charge in [-0.25, -0.2) is 4.98 Å². The molecule has 140 valence electrons. The highest BCUT2D eigenvalue weighted by Gasteiger charge is 2.28. The first-order chi connectivity index (χ1) is 12.8. The molecule has 2 aromatic heterocycles. The van der Waals surface area contributed by atoms with E-state index in [1.165, 1.54) is 0 Å². The van der Waals surface area contributed by atoms with Crippen molar-refractivity contribution in [3.05, 3.63) is 48.3 Å². The number of rotatable bonds is 8. The molecule has 0 aromatic carbocycles. The summed E-state index contributed by atoms with van der Waals surface area (Å²) in [5.41, 5.74) is 0.885. The Morgan fingerprint density at radius 1 is 1.38 bits per heavy atom. The second kappa shape index (κ2) is 9.45. The monoisotopic (exact) mass is 358 g/mol. The third-order valence-corrected chi connectivity index (χ3v) is 4.51. The van der Waals surface area contributed by atoms with Gasteiger partial charge in [-0.1, -0.05) is 13.0 Å². The summed E-state index contributed by atoms with van der Waals surface area (Å²) in [6.07, 6.45) is 7.40. The van der Waals surface area contributed by atoms with Gasteiger partial charge in [0, 0.05) is 44.6 Å². The largest absolute Gasteiger partial charge is 0.379 e. The van der Waals surface area contributed by atoms with Gasteiger partial charge in [-0.05, 0) is 18.6 Å². The molecule has 1 aliphatic rings. The van der Waals surface area contributed by atoms with Crippen LogP contribution in [-0.2, 0) is 33.8 Å². The van der Waals surface area contributed by atoms with E-state index in [-0.39, 0.29) is 18.1 Å². The van der Waals surface area contributed by atoms with Crippen LogP contribution in [0, 0.1) is 0 Å². The Morgan fingerprint density at radius 3 is 3.12 bits per heavy atom. The number of nitrogens with one attached hydrogen (secondary N) is 1. The summed E-state index contributed by atoms with van der Waals surface area (Å²) >= 11 is 0. The summed E-state index contributed by atoms with van der Waals surface area (Å²) in [5.74, 6) is 0.998. The molecule has 2 atom stereocenters. The predicted octanol–water partition coefficient (Wildman–Crippen LogP) is 1.72. The Morgan fingerprint density at radius 2 is 2.31 bits per heavy atom. The van der Waals surface area contributed by atoms with Gasteiger partial charge in [0.1, 0.15) is 5.82 Å². The number of imidazole rings is 1. The number of hydrogen-bond donors (Lipinski definition) is 1. The number of carbonyl (C=O) groups is 1. The van der Waals surface area contributed by atoms with Gasteiger partial charge < -0.3 is 19.4 Å². The van der Waals surface area contributed by atoms with Gasteiger partial charge in [-0.3, -0.25) is 9.78 Å². The normalized spacial score (nSPS) is 20.0. The fourth-order valence-corrected chi connectivity index (χ4v) is 3.09. The van der Waals surface area contributed by atoms with Crippen LogP contribution in [-0.4, -0.2) is 45.8 Å². The first-order valence-corrected chi connectivity index (χ1v) is 9.15. The van der Waals surface area contributed by atoms with Crippen LogP contribution in [0.2, 0.25) is 0 Å². The van der Waals surface area contributed by atoms with Crippen molar-refractivity contribution in [1.82, 2.24) is 19.9 Å². The van der Waals surface area contributed by atoms with Crippen molar-refractivity contribution in [2.75, 3.05) is 13.2 Å². The van der Waals surface area contributed by atoms with E-state index in [0.29, 0.717) is 32.8 Å². The molecule has 1 saturated heterocycles. The van der Waals surface area contributed by atoms with Gasteiger partial charge in [0.15, 0.2) is 0 Å². The molecular formula is C19H26N4O3. The molecule has 0 saturated carbocycles. The van der Waals surface area contributed by atoms with E-state index < -0.39 is 0 Å². The van der Waals surface area contributed by atoms with E-state index in [9.17, 15) is 4.79 Å². The van der Waals surface area contributed by atoms with Crippen LogP contribution < -0.4 is 5.32 Å². The molecule has 1 aliphatic heterocycles. The molecule has 0 bridgehead atoms. The van der Waals surface area contributed by atoms with Crippen LogP contribution in [0.15, 0.2) is 36.8 Å². The summed E-state index contributed by atoms with van der Waals surface area (Å²) in [4.78, 5) is 20.9. The molecule has 3 rings (SSSR count). The molecule has 3 heterocycles. The van der Waals surface area contributed by atoms with Crippen molar-refractivity contribution in [3.8, 4) is 0 Å². The minimum absolute atomic E-state index is 0.00249. The average molecular weight is 358 g/mol.